The normalized spacial score (nSPS) is 10.8. The standard InChI is InChI=1S/C14H10Cl2N4O/c15-9-4-7(5-10(17)13(9)16)14(21)19-11-2-1-3-12-8(11)6-18-20-12/h1-6H,17H2,(H,18,20)(H,19,21). The minimum absolute atomic E-state index is 0.239. The highest BCUT2D eigenvalue weighted by molar-refractivity contribution is 6.44. The molecule has 1 amide bonds. The number of carbonyl (C=O) groups excluding carboxylic acids is 1. The summed E-state index contributed by atoms with van der Waals surface area (Å²) in [6.07, 6.45) is 1.65. The van der Waals surface area contributed by atoms with Crippen molar-refractivity contribution in [3.8, 4) is 0 Å². The predicted octanol–water partition coefficient (Wildman–Crippen LogP) is 3.70. The Kier molecular flexibility index (Phi) is 3.45. The van der Waals surface area contributed by atoms with Crippen molar-refractivity contribution in [1.82, 2.24) is 10.2 Å². The molecule has 0 saturated carbocycles. The summed E-state index contributed by atoms with van der Waals surface area (Å²) in [5.74, 6) is -0.325. The number of hydrogen-bond donors (Lipinski definition) is 3. The maximum atomic E-state index is 12.3. The van der Waals surface area contributed by atoms with E-state index in [4.69, 9.17) is 28.9 Å². The van der Waals surface area contributed by atoms with Crippen molar-refractivity contribution < 1.29 is 4.79 Å². The van der Waals surface area contributed by atoms with Gasteiger partial charge in [0.25, 0.3) is 5.91 Å². The van der Waals surface area contributed by atoms with E-state index in [0.717, 1.165) is 10.9 Å². The average Bonchev–Trinajstić information content (AvgIpc) is 2.93. The third kappa shape index (κ3) is 2.53. The summed E-state index contributed by atoms with van der Waals surface area (Å²) in [5, 5.41) is 10.9. The molecule has 0 spiro atoms. The van der Waals surface area contributed by atoms with E-state index in [1.807, 2.05) is 12.1 Å². The second-order valence-electron chi connectivity index (χ2n) is 4.45. The van der Waals surface area contributed by atoms with Crippen molar-refractivity contribution in [3.05, 3.63) is 52.1 Å². The Balaban J connectivity index is 1.95. The SMILES string of the molecule is Nc1cc(C(=O)Nc2cccc3[nH]ncc23)cc(Cl)c1Cl. The fraction of sp³-hybridized carbons (Fsp3) is 0. The minimum atomic E-state index is -0.325. The number of anilines is 2. The Morgan fingerprint density at radius 3 is 2.86 bits per heavy atom. The van der Waals surface area contributed by atoms with Crippen molar-refractivity contribution in [2.45, 2.75) is 0 Å². The number of amides is 1. The summed E-state index contributed by atoms with van der Waals surface area (Å²) in [7, 11) is 0. The lowest BCUT2D eigenvalue weighted by Gasteiger charge is -2.08. The van der Waals surface area contributed by atoms with Crippen LogP contribution in [-0.2, 0) is 0 Å². The maximum Gasteiger partial charge on any atom is 0.255 e. The van der Waals surface area contributed by atoms with Gasteiger partial charge in [-0.25, -0.2) is 0 Å². The zero-order chi connectivity index (χ0) is 15.0. The molecule has 0 radical (unpaired) electrons. The lowest BCUT2D eigenvalue weighted by Crippen LogP contribution is -2.12. The van der Waals surface area contributed by atoms with Crippen LogP contribution in [-0.4, -0.2) is 16.1 Å². The Morgan fingerprint density at radius 2 is 2.10 bits per heavy atom. The predicted molar refractivity (Wildman–Crippen MR) is 84.9 cm³/mol. The number of carbonyl (C=O) groups is 1. The second kappa shape index (κ2) is 5.27. The molecule has 0 aliphatic rings. The van der Waals surface area contributed by atoms with E-state index in [1.54, 1.807) is 12.3 Å². The number of aromatic amines is 1. The van der Waals surface area contributed by atoms with Crippen molar-refractivity contribution >= 4 is 51.4 Å². The van der Waals surface area contributed by atoms with Crippen LogP contribution in [0.4, 0.5) is 11.4 Å². The monoisotopic (exact) mass is 320 g/mol. The first-order valence-corrected chi connectivity index (χ1v) is 6.80. The van der Waals surface area contributed by atoms with Gasteiger partial charge in [0, 0.05) is 10.9 Å². The first kappa shape index (κ1) is 13.7. The molecule has 0 unspecified atom stereocenters. The molecule has 0 saturated heterocycles. The fourth-order valence-electron chi connectivity index (χ4n) is 2.01. The molecule has 3 aromatic rings. The van der Waals surface area contributed by atoms with Gasteiger partial charge in [-0.3, -0.25) is 9.89 Å². The van der Waals surface area contributed by atoms with E-state index in [9.17, 15) is 4.79 Å². The molecule has 106 valence electrons. The van der Waals surface area contributed by atoms with Crippen molar-refractivity contribution in [2.24, 2.45) is 0 Å². The van der Waals surface area contributed by atoms with Gasteiger partial charge in [0.2, 0.25) is 0 Å². The molecule has 5 nitrogen and oxygen atoms in total. The highest BCUT2D eigenvalue weighted by Gasteiger charge is 2.13. The van der Waals surface area contributed by atoms with Gasteiger partial charge in [-0.2, -0.15) is 5.10 Å². The number of benzene rings is 2. The van der Waals surface area contributed by atoms with Crippen LogP contribution in [0.1, 0.15) is 10.4 Å². The van der Waals surface area contributed by atoms with Crippen LogP contribution in [0.15, 0.2) is 36.5 Å². The van der Waals surface area contributed by atoms with Crippen LogP contribution in [0.25, 0.3) is 10.9 Å². The Morgan fingerprint density at radius 1 is 1.29 bits per heavy atom. The molecule has 1 heterocycles. The molecule has 2 aromatic carbocycles. The first-order valence-electron chi connectivity index (χ1n) is 6.04. The van der Waals surface area contributed by atoms with Gasteiger partial charge in [0.05, 0.1) is 33.1 Å². The molecule has 3 rings (SSSR count). The first-order chi connectivity index (χ1) is 10.1. The molecule has 4 N–H and O–H groups in total. The summed E-state index contributed by atoms with van der Waals surface area (Å²) in [6.45, 7) is 0. The largest absolute Gasteiger partial charge is 0.397 e. The summed E-state index contributed by atoms with van der Waals surface area (Å²) in [6, 6.07) is 8.44. The van der Waals surface area contributed by atoms with Crippen LogP contribution in [0.5, 0.6) is 0 Å². The van der Waals surface area contributed by atoms with Crippen molar-refractivity contribution in [1.29, 1.82) is 0 Å². The zero-order valence-corrected chi connectivity index (χ0v) is 12.2. The zero-order valence-electron chi connectivity index (χ0n) is 10.7. The quantitative estimate of drug-likeness (QED) is 0.629. The van der Waals surface area contributed by atoms with Crippen molar-refractivity contribution in [3.63, 3.8) is 0 Å². The lowest BCUT2D eigenvalue weighted by molar-refractivity contribution is 0.102. The summed E-state index contributed by atoms with van der Waals surface area (Å²) in [5.41, 5.74) is 7.79. The summed E-state index contributed by atoms with van der Waals surface area (Å²) < 4.78 is 0. The van der Waals surface area contributed by atoms with Crippen LogP contribution < -0.4 is 11.1 Å². The molecule has 7 heteroatoms. The summed E-state index contributed by atoms with van der Waals surface area (Å²) >= 11 is 11.8. The highest BCUT2D eigenvalue weighted by Crippen LogP contribution is 2.30. The number of fused-ring (bicyclic) bond motifs is 1. The molecule has 1 aromatic heterocycles. The number of nitrogens with zero attached hydrogens (tertiary/aromatic N) is 1. The number of rotatable bonds is 2. The van der Waals surface area contributed by atoms with Crippen LogP contribution >= 0.6 is 23.2 Å². The number of halogens is 2. The number of aromatic nitrogens is 2. The summed E-state index contributed by atoms with van der Waals surface area (Å²) in [4.78, 5) is 12.3. The third-order valence-electron chi connectivity index (χ3n) is 3.05. The molecule has 0 aliphatic carbocycles. The Bertz CT molecular complexity index is 821. The van der Waals surface area contributed by atoms with E-state index < -0.39 is 0 Å². The van der Waals surface area contributed by atoms with Gasteiger partial charge >= 0.3 is 0 Å². The number of H-pyrrole nitrogens is 1. The van der Waals surface area contributed by atoms with Gasteiger partial charge in [0.1, 0.15) is 0 Å². The van der Waals surface area contributed by atoms with Gasteiger partial charge in [0.15, 0.2) is 0 Å². The molecule has 21 heavy (non-hydrogen) atoms. The number of nitrogens with two attached hydrogens (primary N) is 1. The molecular weight excluding hydrogens is 311 g/mol. The fourth-order valence-corrected chi connectivity index (χ4v) is 2.35. The highest BCUT2D eigenvalue weighted by atomic mass is 35.5. The average molecular weight is 321 g/mol. The molecule has 0 bridgehead atoms. The lowest BCUT2D eigenvalue weighted by atomic mass is 10.1. The van der Waals surface area contributed by atoms with E-state index in [2.05, 4.69) is 15.5 Å². The van der Waals surface area contributed by atoms with E-state index in [0.29, 0.717) is 11.3 Å². The topological polar surface area (TPSA) is 83.8 Å². The van der Waals surface area contributed by atoms with E-state index in [1.165, 1.54) is 12.1 Å². The second-order valence-corrected chi connectivity index (χ2v) is 5.24. The molecule has 0 atom stereocenters. The maximum absolute atomic E-state index is 12.3. The third-order valence-corrected chi connectivity index (χ3v) is 3.87. The minimum Gasteiger partial charge on any atom is -0.397 e. The number of nitrogens with one attached hydrogen (secondary N) is 2. The van der Waals surface area contributed by atoms with Gasteiger partial charge in [-0.15, -0.1) is 0 Å². The van der Waals surface area contributed by atoms with Crippen LogP contribution in [0.2, 0.25) is 10.0 Å². The number of nitrogen functional groups attached to an aromatic ring is 1. The van der Waals surface area contributed by atoms with Crippen LogP contribution in [0, 0.1) is 0 Å². The van der Waals surface area contributed by atoms with Gasteiger partial charge in [-0.05, 0) is 24.3 Å². The smallest absolute Gasteiger partial charge is 0.255 e. The molecule has 0 fully saturated rings. The van der Waals surface area contributed by atoms with Gasteiger partial charge in [-0.1, -0.05) is 29.3 Å². The van der Waals surface area contributed by atoms with Crippen LogP contribution in [0.3, 0.4) is 0 Å². The molecular formula is C14H10Cl2N4O. The van der Waals surface area contributed by atoms with E-state index in [-0.39, 0.29) is 21.6 Å². The Labute approximate surface area is 130 Å². The van der Waals surface area contributed by atoms with E-state index >= 15 is 0 Å². The van der Waals surface area contributed by atoms with Gasteiger partial charge < -0.3 is 11.1 Å². The van der Waals surface area contributed by atoms with Crippen molar-refractivity contribution in [2.75, 3.05) is 11.1 Å². The number of hydrogen-bond acceptors (Lipinski definition) is 3. The molecule has 0 aliphatic heterocycles. The Hall–Kier alpha value is -2.24.